The van der Waals surface area contributed by atoms with Crippen molar-refractivity contribution < 1.29 is 14.3 Å². The zero-order valence-electron chi connectivity index (χ0n) is 9.73. The molecule has 0 saturated carbocycles. The normalized spacial score (nSPS) is 15.2. The third-order valence-corrected chi connectivity index (χ3v) is 2.49. The number of amides is 1. The summed E-state index contributed by atoms with van der Waals surface area (Å²) in [7, 11) is 0. The monoisotopic (exact) mass is 236 g/mol. The Labute approximate surface area is 99.9 Å². The molecule has 0 aromatic heterocycles. The average molecular weight is 236 g/mol. The van der Waals surface area contributed by atoms with Gasteiger partial charge in [-0.25, -0.2) is 0 Å². The van der Waals surface area contributed by atoms with Crippen LogP contribution in [0.4, 0.5) is 0 Å². The molecule has 5 nitrogen and oxygen atoms in total. The van der Waals surface area contributed by atoms with Crippen LogP contribution in [0.1, 0.15) is 12.5 Å². The molecule has 1 aromatic carbocycles. The van der Waals surface area contributed by atoms with Crippen molar-refractivity contribution in [3.63, 3.8) is 0 Å². The van der Waals surface area contributed by atoms with Gasteiger partial charge in [0.1, 0.15) is 13.2 Å². The summed E-state index contributed by atoms with van der Waals surface area (Å²) in [5.41, 5.74) is 6.42. The second kappa shape index (κ2) is 5.05. The van der Waals surface area contributed by atoms with E-state index in [0.29, 0.717) is 19.8 Å². The van der Waals surface area contributed by atoms with Gasteiger partial charge in [-0.2, -0.15) is 0 Å². The molecule has 1 aliphatic rings. The Morgan fingerprint density at radius 3 is 2.82 bits per heavy atom. The van der Waals surface area contributed by atoms with E-state index < -0.39 is 6.04 Å². The maximum atomic E-state index is 11.3. The Kier molecular flexibility index (Phi) is 3.49. The van der Waals surface area contributed by atoms with E-state index in [0.717, 1.165) is 17.1 Å². The molecule has 0 bridgehead atoms. The van der Waals surface area contributed by atoms with Gasteiger partial charge in [-0.1, -0.05) is 6.07 Å². The highest BCUT2D eigenvalue weighted by Gasteiger charge is 2.12. The zero-order chi connectivity index (χ0) is 12.3. The van der Waals surface area contributed by atoms with E-state index in [9.17, 15) is 4.79 Å². The molecule has 0 spiro atoms. The van der Waals surface area contributed by atoms with Crippen LogP contribution >= 0.6 is 0 Å². The molecule has 2 rings (SSSR count). The van der Waals surface area contributed by atoms with Crippen LogP contribution in [0.5, 0.6) is 11.5 Å². The second-order valence-corrected chi connectivity index (χ2v) is 3.98. The van der Waals surface area contributed by atoms with Crippen molar-refractivity contribution in [1.82, 2.24) is 5.32 Å². The zero-order valence-corrected chi connectivity index (χ0v) is 9.73. The maximum Gasteiger partial charge on any atom is 0.236 e. The lowest BCUT2D eigenvalue weighted by molar-refractivity contribution is -0.122. The fourth-order valence-electron chi connectivity index (χ4n) is 1.55. The van der Waals surface area contributed by atoms with Crippen LogP contribution < -0.4 is 20.5 Å². The van der Waals surface area contributed by atoms with E-state index >= 15 is 0 Å². The molecule has 1 heterocycles. The SMILES string of the molecule is CC(N)C(=O)NCc1ccc2c(c1)OCCO2. The molecule has 0 aliphatic carbocycles. The van der Waals surface area contributed by atoms with Crippen molar-refractivity contribution in [3.05, 3.63) is 23.8 Å². The lowest BCUT2D eigenvalue weighted by atomic mass is 10.2. The van der Waals surface area contributed by atoms with Gasteiger partial charge in [0.2, 0.25) is 5.91 Å². The highest BCUT2D eigenvalue weighted by molar-refractivity contribution is 5.80. The lowest BCUT2D eigenvalue weighted by Gasteiger charge is -2.19. The third-order valence-electron chi connectivity index (χ3n) is 2.49. The van der Waals surface area contributed by atoms with Crippen molar-refractivity contribution in [2.75, 3.05) is 13.2 Å². The second-order valence-electron chi connectivity index (χ2n) is 3.98. The first kappa shape index (κ1) is 11.7. The molecule has 1 aromatic rings. The molecule has 1 amide bonds. The van der Waals surface area contributed by atoms with Crippen LogP contribution in [0, 0.1) is 0 Å². The minimum absolute atomic E-state index is 0.167. The lowest BCUT2D eigenvalue weighted by Crippen LogP contribution is -2.37. The minimum atomic E-state index is -0.493. The first-order valence-corrected chi connectivity index (χ1v) is 5.58. The number of nitrogens with one attached hydrogen (secondary N) is 1. The molecule has 0 fully saturated rings. The summed E-state index contributed by atoms with van der Waals surface area (Å²) in [4.78, 5) is 11.3. The summed E-state index contributed by atoms with van der Waals surface area (Å²) < 4.78 is 10.9. The van der Waals surface area contributed by atoms with E-state index in [1.54, 1.807) is 6.92 Å². The summed E-state index contributed by atoms with van der Waals surface area (Å²) >= 11 is 0. The quantitative estimate of drug-likeness (QED) is 0.797. The number of hydrogen-bond donors (Lipinski definition) is 2. The number of carbonyl (C=O) groups excluding carboxylic acids is 1. The van der Waals surface area contributed by atoms with E-state index in [-0.39, 0.29) is 5.91 Å². The summed E-state index contributed by atoms with van der Waals surface area (Å²) in [5, 5.41) is 2.74. The molecule has 17 heavy (non-hydrogen) atoms. The molecule has 3 N–H and O–H groups in total. The van der Waals surface area contributed by atoms with E-state index in [1.807, 2.05) is 18.2 Å². The molecular formula is C12H16N2O3. The molecule has 5 heteroatoms. The standard InChI is InChI=1S/C12H16N2O3/c1-8(13)12(15)14-7-9-2-3-10-11(6-9)17-5-4-16-10/h2-3,6,8H,4-5,7,13H2,1H3,(H,14,15). The van der Waals surface area contributed by atoms with E-state index in [2.05, 4.69) is 5.32 Å². The van der Waals surface area contributed by atoms with Crippen molar-refractivity contribution in [2.24, 2.45) is 5.73 Å². The Morgan fingerprint density at radius 2 is 2.12 bits per heavy atom. The van der Waals surface area contributed by atoms with Gasteiger partial charge in [0.05, 0.1) is 6.04 Å². The fourth-order valence-corrected chi connectivity index (χ4v) is 1.55. The number of nitrogens with two attached hydrogens (primary N) is 1. The summed E-state index contributed by atoms with van der Waals surface area (Å²) in [6.07, 6.45) is 0. The number of carbonyl (C=O) groups is 1. The van der Waals surface area contributed by atoms with Gasteiger partial charge >= 0.3 is 0 Å². The third kappa shape index (κ3) is 2.88. The van der Waals surface area contributed by atoms with E-state index in [4.69, 9.17) is 15.2 Å². The van der Waals surface area contributed by atoms with Crippen LogP contribution in [-0.2, 0) is 11.3 Å². The van der Waals surface area contributed by atoms with Crippen LogP contribution in [0.15, 0.2) is 18.2 Å². The van der Waals surface area contributed by atoms with Crippen molar-refractivity contribution in [3.8, 4) is 11.5 Å². The van der Waals surface area contributed by atoms with Gasteiger partial charge < -0.3 is 20.5 Å². The molecule has 0 radical (unpaired) electrons. The highest BCUT2D eigenvalue weighted by atomic mass is 16.6. The Morgan fingerprint density at radius 1 is 1.41 bits per heavy atom. The molecule has 1 atom stereocenters. The van der Waals surface area contributed by atoms with Gasteiger partial charge in [-0.15, -0.1) is 0 Å². The van der Waals surface area contributed by atoms with E-state index in [1.165, 1.54) is 0 Å². The molecule has 0 saturated heterocycles. The molecule has 1 aliphatic heterocycles. The number of fused-ring (bicyclic) bond motifs is 1. The molecular weight excluding hydrogens is 220 g/mol. The minimum Gasteiger partial charge on any atom is -0.486 e. The fraction of sp³-hybridized carbons (Fsp3) is 0.417. The Bertz CT molecular complexity index is 418. The maximum absolute atomic E-state index is 11.3. The number of hydrogen-bond acceptors (Lipinski definition) is 4. The Balaban J connectivity index is 2.00. The largest absolute Gasteiger partial charge is 0.486 e. The van der Waals surface area contributed by atoms with Gasteiger partial charge in [0.15, 0.2) is 11.5 Å². The van der Waals surface area contributed by atoms with Gasteiger partial charge in [0, 0.05) is 6.54 Å². The van der Waals surface area contributed by atoms with Crippen LogP contribution in [0.3, 0.4) is 0 Å². The van der Waals surface area contributed by atoms with Crippen molar-refractivity contribution in [1.29, 1.82) is 0 Å². The van der Waals surface area contributed by atoms with Crippen LogP contribution in [0.2, 0.25) is 0 Å². The summed E-state index contributed by atoms with van der Waals surface area (Å²) in [5.74, 6) is 1.31. The predicted molar refractivity (Wildman–Crippen MR) is 62.9 cm³/mol. The topological polar surface area (TPSA) is 73.6 Å². The predicted octanol–water partition coefficient (Wildman–Crippen LogP) is 0.421. The summed E-state index contributed by atoms with van der Waals surface area (Å²) in [6.45, 7) is 3.23. The molecule has 92 valence electrons. The van der Waals surface area contributed by atoms with Crippen molar-refractivity contribution in [2.45, 2.75) is 19.5 Å². The first-order valence-electron chi connectivity index (χ1n) is 5.58. The van der Waals surface area contributed by atoms with Gasteiger partial charge in [-0.05, 0) is 24.6 Å². The van der Waals surface area contributed by atoms with Crippen molar-refractivity contribution >= 4 is 5.91 Å². The first-order chi connectivity index (χ1) is 8.16. The average Bonchev–Trinajstić information content (AvgIpc) is 2.35. The van der Waals surface area contributed by atoms with Gasteiger partial charge in [-0.3, -0.25) is 4.79 Å². The van der Waals surface area contributed by atoms with Crippen LogP contribution in [-0.4, -0.2) is 25.2 Å². The molecule has 1 unspecified atom stereocenters. The Hall–Kier alpha value is -1.75. The van der Waals surface area contributed by atoms with Crippen LogP contribution in [0.25, 0.3) is 0 Å². The number of ether oxygens (including phenoxy) is 2. The van der Waals surface area contributed by atoms with Gasteiger partial charge in [0.25, 0.3) is 0 Å². The highest BCUT2D eigenvalue weighted by Crippen LogP contribution is 2.30. The summed E-state index contributed by atoms with van der Waals surface area (Å²) in [6, 6.07) is 5.12. The number of rotatable bonds is 3. The number of benzene rings is 1. The smallest absolute Gasteiger partial charge is 0.236 e.